The molecule has 5 heteroatoms. The van der Waals surface area contributed by atoms with Gasteiger partial charge in [-0.2, -0.15) is 5.10 Å². The molecule has 0 aliphatic carbocycles. The highest BCUT2D eigenvalue weighted by atomic mass is 19.1. The Morgan fingerprint density at radius 2 is 2.06 bits per heavy atom. The van der Waals surface area contributed by atoms with Gasteiger partial charge in [0.2, 0.25) is 5.91 Å². The van der Waals surface area contributed by atoms with E-state index in [9.17, 15) is 9.18 Å². The second-order valence-corrected chi connectivity index (χ2v) is 4.03. The van der Waals surface area contributed by atoms with Crippen LogP contribution in [0.15, 0.2) is 36.5 Å². The third kappa shape index (κ3) is 3.16. The number of hydrogen-bond acceptors (Lipinski definition) is 2. The lowest BCUT2D eigenvalue weighted by atomic mass is 10.2. The number of aromatic nitrogens is 2. The van der Waals surface area contributed by atoms with E-state index in [1.54, 1.807) is 23.0 Å². The van der Waals surface area contributed by atoms with Gasteiger partial charge >= 0.3 is 0 Å². The molecule has 0 atom stereocenters. The summed E-state index contributed by atoms with van der Waals surface area (Å²) in [5.74, 6) is -0.400. The van der Waals surface area contributed by atoms with Crippen LogP contribution >= 0.6 is 0 Å². The summed E-state index contributed by atoms with van der Waals surface area (Å²) in [7, 11) is 0. The highest BCUT2D eigenvalue weighted by Gasteiger charge is 2.05. The molecule has 2 aromatic rings. The van der Waals surface area contributed by atoms with Crippen LogP contribution in [0.3, 0.4) is 0 Å². The summed E-state index contributed by atoms with van der Waals surface area (Å²) >= 11 is 0. The Labute approximate surface area is 104 Å². The van der Waals surface area contributed by atoms with Gasteiger partial charge in [-0.15, -0.1) is 0 Å². The first-order chi connectivity index (χ1) is 8.65. The number of aryl methyl sites for hydroxylation is 1. The lowest BCUT2D eigenvalue weighted by Gasteiger charge is -2.06. The predicted octanol–water partition coefficient (Wildman–Crippen LogP) is 1.65. The van der Waals surface area contributed by atoms with E-state index in [1.165, 1.54) is 12.1 Å². The van der Waals surface area contributed by atoms with Gasteiger partial charge in [-0.1, -0.05) is 12.1 Å². The third-order valence-electron chi connectivity index (χ3n) is 2.63. The van der Waals surface area contributed by atoms with Crippen molar-refractivity contribution >= 4 is 5.91 Å². The van der Waals surface area contributed by atoms with Crippen LogP contribution in [0, 0.1) is 12.7 Å². The maximum absolute atomic E-state index is 12.7. The van der Waals surface area contributed by atoms with Crippen molar-refractivity contribution in [1.82, 2.24) is 15.1 Å². The second kappa shape index (κ2) is 5.44. The molecule has 0 saturated carbocycles. The molecule has 2 rings (SSSR count). The Bertz CT molecular complexity index is 533. The first-order valence-electron chi connectivity index (χ1n) is 5.65. The van der Waals surface area contributed by atoms with Crippen molar-refractivity contribution in [2.45, 2.75) is 20.0 Å². The van der Waals surface area contributed by atoms with Crippen LogP contribution in [0.4, 0.5) is 4.39 Å². The van der Waals surface area contributed by atoms with Crippen molar-refractivity contribution in [3.8, 4) is 0 Å². The maximum atomic E-state index is 12.7. The molecule has 0 unspecified atom stereocenters. The Morgan fingerprint density at radius 1 is 1.33 bits per heavy atom. The normalized spacial score (nSPS) is 10.3. The van der Waals surface area contributed by atoms with Gasteiger partial charge in [-0.3, -0.25) is 9.48 Å². The van der Waals surface area contributed by atoms with Gasteiger partial charge in [0.1, 0.15) is 12.4 Å². The molecule has 0 radical (unpaired) electrons. The number of rotatable bonds is 4. The first kappa shape index (κ1) is 12.3. The highest BCUT2D eigenvalue weighted by molar-refractivity contribution is 5.75. The van der Waals surface area contributed by atoms with Gasteiger partial charge in [0, 0.05) is 18.4 Å². The number of nitrogens with zero attached hydrogens (tertiary/aromatic N) is 2. The predicted molar refractivity (Wildman–Crippen MR) is 65.2 cm³/mol. The summed E-state index contributed by atoms with van der Waals surface area (Å²) in [4.78, 5) is 11.7. The Kier molecular flexibility index (Phi) is 3.72. The topological polar surface area (TPSA) is 46.9 Å². The minimum absolute atomic E-state index is 0.119. The summed E-state index contributed by atoms with van der Waals surface area (Å²) in [5, 5.41) is 6.79. The van der Waals surface area contributed by atoms with Gasteiger partial charge in [0.25, 0.3) is 0 Å². The smallest absolute Gasteiger partial charge is 0.242 e. The quantitative estimate of drug-likeness (QED) is 0.893. The zero-order valence-electron chi connectivity index (χ0n) is 10.1. The van der Waals surface area contributed by atoms with Crippen molar-refractivity contribution in [3.05, 3.63) is 53.6 Å². The van der Waals surface area contributed by atoms with Crippen molar-refractivity contribution in [2.24, 2.45) is 0 Å². The van der Waals surface area contributed by atoms with E-state index in [4.69, 9.17) is 0 Å². The average molecular weight is 247 g/mol. The monoisotopic (exact) mass is 247 g/mol. The van der Waals surface area contributed by atoms with Gasteiger partial charge in [0.15, 0.2) is 0 Å². The average Bonchev–Trinajstić information content (AvgIpc) is 2.74. The van der Waals surface area contributed by atoms with Crippen LogP contribution in [-0.2, 0) is 17.9 Å². The van der Waals surface area contributed by atoms with Crippen molar-refractivity contribution in [1.29, 1.82) is 0 Å². The summed E-state index contributed by atoms with van der Waals surface area (Å²) in [6.07, 6.45) is 1.66. The van der Waals surface area contributed by atoms with Crippen molar-refractivity contribution in [2.75, 3.05) is 0 Å². The molecule has 1 N–H and O–H groups in total. The SMILES string of the molecule is Cc1ccnn1CC(=O)NCc1ccc(F)cc1. The molecule has 1 amide bonds. The Hall–Kier alpha value is -2.17. The summed E-state index contributed by atoms with van der Waals surface area (Å²) in [6.45, 7) is 2.47. The van der Waals surface area contributed by atoms with Crippen LogP contribution in [0.1, 0.15) is 11.3 Å². The number of hydrogen-bond donors (Lipinski definition) is 1. The molecule has 4 nitrogen and oxygen atoms in total. The lowest BCUT2D eigenvalue weighted by molar-refractivity contribution is -0.122. The molecule has 1 heterocycles. The molecule has 0 aliphatic heterocycles. The third-order valence-corrected chi connectivity index (χ3v) is 2.63. The minimum Gasteiger partial charge on any atom is -0.350 e. The van der Waals surface area contributed by atoms with E-state index in [0.717, 1.165) is 11.3 Å². The van der Waals surface area contributed by atoms with Gasteiger partial charge in [0.05, 0.1) is 0 Å². The minimum atomic E-state index is -0.280. The standard InChI is InChI=1S/C13H14FN3O/c1-10-6-7-16-17(10)9-13(18)15-8-11-2-4-12(14)5-3-11/h2-7H,8-9H2,1H3,(H,15,18). The van der Waals surface area contributed by atoms with Crippen LogP contribution in [0.2, 0.25) is 0 Å². The Morgan fingerprint density at radius 3 is 2.67 bits per heavy atom. The molecule has 0 bridgehead atoms. The molecule has 0 fully saturated rings. The largest absolute Gasteiger partial charge is 0.350 e. The molecular formula is C13H14FN3O. The highest BCUT2D eigenvalue weighted by Crippen LogP contribution is 2.02. The zero-order valence-corrected chi connectivity index (χ0v) is 10.1. The molecule has 0 spiro atoms. The van der Waals surface area contributed by atoms with Gasteiger partial charge in [-0.25, -0.2) is 4.39 Å². The molecule has 1 aromatic carbocycles. The summed E-state index contributed by atoms with van der Waals surface area (Å²) < 4.78 is 14.3. The van der Waals surface area contributed by atoms with Gasteiger partial charge in [-0.05, 0) is 30.7 Å². The number of benzene rings is 1. The maximum Gasteiger partial charge on any atom is 0.242 e. The fourth-order valence-electron chi connectivity index (χ4n) is 1.56. The van der Waals surface area contributed by atoms with Crippen LogP contribution < -0.4 is 5.32 Å². The number of carbonyl (C=O) groups excluding carboxylic acids is 1. The van der Waals surface area contributed by atoms with E-state index in [1.807, 2.05) is 13.0 Å². The van der Waals surface area contributed by atoms with Crippen LogP contribution in [-0.4, -0.2) is 15.7 Å². The van der Waals surface area contributed by atoms with Crippen molar-refractivity contribution in [3.63, 3.8) is 0 Å². The first-order valence-corrected chi connectivity index (χ1v) is 5.65. The van der Waals surface area contributed by atoms with Crippen LogP contribution in [0.25, 0.3) is 0 Å². The van der Waals surface area contributed by atoms with Crippen LogP contribution in [0.5, 0.6) is 0 Å². The van der Waals surface area contributed by atoms with E-state index in [-0.39, 0.29) is 18.3 Å². The number of amides is 1. The Balaban J connectivity index is 1.85. The zero-order chi connectivity index (χ0) is 13.0. The molecule has 18 heavy (non-hydrogen) atoms. The molecular weight excluding hydrogens is 233 g/mol. The number of halogens is 1. The van der Waals surface area contributed by atoms with Gasteiger partial charge < -0.3 is 5.32 Å². The van der Waals surface area contributed by atoms with E-state index >= 15 is 0 Å². The second-order valence-electron chi connectivity index (χ2n) is 4.03. The lowest BCUT2D eigenvalue weighted by Crippen LogP contribution is -2.27. The molecule has 1 aromatic heterocycles. The summed E-state index contributed by atoms with van der Waals surface area (Å²) in [6, 6.07) is 7.88. The fraction of sp³-hybridized carbons (Fsp3) is 0.231. The van der Waals surface area contributed by atoms with Crippen molar-refractivity contribution < 1.29 is 9.18 Å². The molecule has 94 valence electrons. The summed E-state index contributed by atoms with van der Waals surface area (Å²) in [5.41, 5.74) is 1.80. The van der Waals surface area contributed by atoms with E-state index in [0.29, 0.717) is 6.54 Å². The molecule has 0 saturated heterocycles. The van der Waals surface area contributed by atoms with E-state index in [2.05, 4.69) is 10.4 Å². The number of nitrogens with one attached hydrogen (secondary N) is 1. The fourth-order valence-corrected chi connectivity index (χ4v) is 1.56. The number of carbonyl (C=O) groups is 1. The molecule has 0 aliphatic rings. The van der Waals surface area contributed by atoms with E-state index < -0.39 is 0 Å².